The molecule has 10 heteroatoms. The summed E-state index contributed by atoms with van der Waals surface area (Å²) in [6.07, 6.45) is 3.42. The molecule has 0 aromatic carbocycles. The molecule has 1 aromatic heterocycles. The quantitative estimate of drug-likeness (QED) is 0.418. The average molecular weight is 543 g/mol. The maximum absolute atomic E-state index is 12.8. The lowest BCUT2D eigenvalue weighted by molar-refractivity contribution is -0.210. The fraction of sp³-hybridized carbons (Fsp3) is 0.586. The minimum Gasteiger partial charge on any atom is -0.472 e. The van der Waals surface area contributed by atoms with Gasteiger partial charge in [0.25, 0.3) is 0 Å². The lowest BCUT2D eigenvalue weighted by Crippen LogP contribution is -2.48. The van der Waals surface area contributed by atoms with Gasteiger partial charge in [-0.1, -0.05) is 13.8 Å². The van der Waals surface area contributed by atoms with Crippen LogP contribution >= 0.6 is 0 Å². The number of fused-ring (bicyclic) bond motifs is 4. The van der Waals surface area contributed by atoms with Gasteiger partial charge in [0.1, 0.15) is 11.9 Å². The van der Waals surface area contributed by atoms with Gasteiger partial charge in [0.05, 0.1) is 31.5 Å². The molecule has 2 aliphatic carbocycles. The van der Waals surface area contributed by atoms with Crippen LogP contribution in [0, 0.1) is 22.2 Å². The van der Waals surface area contributed by atoms with Crippen LogP contribution in [-0.4, -0.2) is 47.8 Å². The molecule has 10 nitrogen and oxygen atoms in total. The third kappa shape index (κ3) is 3.71. The van der Waals surface area contributed by atoms with Gasteiger partial charge >= 0.3 is 17.9 Å². The molecule has 2 aliphatic heterocycles. The number of rotatable bonds is 6. The molecule has 0 radical (unpaired) electrons. The predicted molar refractivity (Wildman–Crippen MR) is 133 cm³/mol. The monoisotopic (exact) mass is 542 g/mol. The summed E-state index contributed by atoms with van der Waals surface area (Å²) >= 11 is 0. The molecule has 0 bridgehead atoms. The largest absolute Gasteiger partial charge is 0.472 e. The van der Waals surface area contributed by atoms with E-state index >= 15 is 0 Å². The molecule has 1 fully saturated rings. The number of hydrogen-bond acceptors (Lipinski definition) is 10. The zero-order valence-corrected chi connectivity index (χ0v) is 23.0. The van der Waals surface area contributed by atoms with E-state index in [1.807, 2.05) is 13.8 Å². The van der Waals surface area contributed by atoms with Gasteiger partial charge in [-0.05, 0) is 44.2 Å². The molecule has 3 heterocycles. The Labute approximate surface area is 226 Å². The van der Waals surface area contributed by atoms with Crippen molar-refractivity contribution in [1.29, 1.82) is 0 Å². The first-order valence-corrected chi connectivity index (χ1v) is 13.1. The summed E-state index contributed by atoms with van der Waals surface area (Å²) in [5.41, 5.74) is -0.913. The van der Waals surface area contributed by atoms with Gasteiger partial charge in [-0.2, -0.15) is 0 Å². The molecular weight excluding hydrogens is 508 g/mol. The van der Waals surface area contributed by atoms with Crippen molar-refractivity contribution in [2.45, 2.75) is 78.3 Å². The number of ether oxygens (including phenoxy) is 4. The second kappa shape index (κ2) is 8.81. The first-order chi connectivity index (χ1) is 18.2. The van der Waals surface area contributed by atoms with Crippen LogP contribution in [0.1, 0.15) is 72.0 Å². The Bertz CT molecular complexity index is 1310. The van der Waals surface area contributed by atoms with Gasteiger partial charge in [0.15, 0.2) is 11.9 Å². The minimum absolute atomic E-state index is 0.0950. The summed E-state index contributed by atoms with van der Waals surface area (Å²) in [6.45, 7) is 8.07. The Morgan fingerprint density at radius 3 is 2.51 bits per heavy atom. The molecule has 0 amide bonds. The van der Waals surface area contributed by atoms with Crippen LogP contribution in [0.2, 0.25) is 0 Å². The topological polar surface area (TPSA) is 139 Å². The standard InChI is InChI=1S/C29H34O10/c1-15(30)24(37-16(2)31)27(4)14-29(34)28(5,20(27)12-21(32)35-6)18-7-9-26(3)19(23(18)39-29)11-22(33)38-25(26)17-8-10-36-13-17/h8,10-11,13,20,24-25,34H,7,9,12,14H2,1-6H3/t20-,24-,25-,26+,27-,28+,29-/m0/s1. The van der Waals surface area contributed by atoms with Crippen LogP contribution in [0.4, 0.5) is 0 Å². The molecule has 7 atom stereocenters. The van der Waals surface area contributed by atoms with Crippen LogP contribution in [0.25, 0.3) is 0 Å². The van der Waals surface area contributed by atoms with Crippen LogP contribution in [-0.2, 0) is 38.1 Å². The van der Waals surface area contributed by atoms with Gasteiger partial charge in [0.2, 0.25) is 5.79 Å². The molecular formula is C29H34O10. The van der Waals surface area contributed by atoms with Gasteiger partial charge in [-0.15, -0.1) is 0 Å². The molecule has 210 valence electrons. The van der Waals surface area contributed by atoms with E-state index in [2.05, 4.69) is 0 Å². The third-order valence-corrected chi connectivity index (χ3v) is 9.62. The second-order valence-electron chi connectivity index (χ2n) is 11.9. The fourth-order valence-electron chi connectivity index (χ4n) is 7.75. The molecule has 1 aromatic rings. The Kier molecular flexibility index (Phi) is 6.14. The van der Waals surface area contributed by atoms with Crippen molar-refractivity contribution < 1.29 is 47.6 Å². The first kappa shape index (κ1) is 27.2. The van der Waals surface area contributed by atoms with Crippen LogP contribution < -0.4 is 0 Å². The van der Waals surface area contributed by atoms with E-state index in [0.29, 0.717) is 29.7 Å². The molecule has 1 saturated carbocycles. The second-order valence-corrected chi connectivity index (χ2v) is 11.9. The zero-order chi connectivity index (χ0) is 28.5. The number of methoxy groups -OCH3 is 1. The third-order valence-electron chi connectivity index (χ3n) is 9.62. The zero-order valence-electron chi connectivity index (χ0n) is 23.0. The van der Waals surface area contributed by atoms with Gasteiger partial charge in [0, 0.05) is 41.4 Å². The molecule has 1 N–H and O–H groups in total. The van der Waals surface area contributed by atoms with E-state index in [0.717, 1.165) is 5.57 Å². The maximum Gasteiger partial charge on any atom is 0.331 e. The number of carbonyl (C=O) groups excluding carboxylic acids is 4. The number of furan rings is 1. The Morgan fingerprint density at radius 2 is 1.92 bits per heavy atom. The molecule has 5 rings (SSSR count). The summed E-state index contributed by atoms with van der Waals surface area (Å²) in [5.74, 6) is -4.26. The van der Waals surface area contributed by atoms with Gasteiger partial charge in [-0.3, -0.25) is 14.4 Å². The van der Waals surface area contributed by atoms with E-state index in [4.69, 9.17) is 23.4 Å². The van der Waals surface area contributed by atoms with Crippen molar-refractivity contribution in [3.05, 3.63) is 47.1 Å². The number of cyclic esters (lactones) is 1. The number of allylic oxidation sites excluding steroid dienone is 1. The van der Waals surface area contributed by atoms with E-state index in [9.17, 15) is 24.3 Å². The highest BCUT2D eigenvalue weighted by atomic mass is 16.6. The number of Topliss-reactive ketones (excluding diaryl/α,β-unsaturated/α-hetero) is 1. The first-order valence-electron chi connectivity index (χ1n) is 13.1. The summed E-state index contributed by atoms with van der Waals surface area (Å²) in [7, 11) is 1.27. The van der Waals surface area contributed by atoms with Crippen molar-refractivity contribution in [1.82, 2.24) is 0 Å². The van der Waals surface area contributed by atoms with Crippen LogP contribution in [0.5, 0.6) is 0 Å². The predicted octanol–water partition coefficient (Wildman–Crippen LogP) is 3.69. The van der Waals surface area contributed by atoms with E-state index in [1.54, 1.807) is 19.3 Å². The molecule has 0 saturated heterocycles. The van der Waals surface area contributed by atoms with Crippen LogP contribution in [0.3, 0.4) is 0 Å². The van der Waals surface area contributed by atoms with E-state index < -0.39 is 63.8 Å². The normalized spacial score (nSPS) is 37.5. The number of ketones is 1. The highest BCUT2D eigenvalue weighted by molar-refractivity contribution is 5.86. The minimum atomic E-state index is -1.85. The summed E-state index contributed by atoms with van der Waals surface area (Å²) in [4.78, 5) is 50.3. The van der Waals surface area contributed by atoms with Gasteiger partial charge < -0.3 is 28.5 Å². The van der Waals surface area contributed by atoms with Crippen molar-refractivity contribution in [3.63, 3.8) is 0 Å². The fourth-order valence-corrected chi connectivity index (χ4v) is 7.75. The number of aliphatic hydroxyl groups is 1. The smallest absolute Gasteiger partial charge is 0.331 e. The highest BCUT2D eigenvalue weighted by Gasteiger charge is 2.75. The Morgan fingerprint density at radius 1 is 1.21 bits per heavy atom. The van der Waals surface area contributed by atoms with Crippen molar-refractivity contribution in [2.24, 2.45) is 22.2 Å². The number of esters is 3. The van der Waals surface area contributed by atoms with E-state index in [1.165, 1.54) is 33.3 Å². The number of carbonyl (C=O) groups is 4. The van der Waals surface area contributed by atoms with Crippen LogP contribution in [0.15, 0.2) is 46.0 Å². The average Bonchev–Trinajstić information content (AvgIpc) is 3.50. The van der Waals surface area contributed by atoms with Crippen molar-refractivity contribution in [3.8, 4) is 0 Å². The summed E-state index contributed by atoms with van der Waals surface area (Å²) in [6, 6.07) is 1.75. The lowest BCUT2D eigenvalue weighted by atomic mass is 9.58. The maximum atomic E-state index is 12.8. The van der Waals surface area contributed by atoms with Crippen molar-refractivity contribution in [2.75, 3.05) is 7.11 Å². The summed E-state index contributed by atoms with van der Waals surface area (Å²) < 4.78 is 28.0. The highest BCUT2D eigenvalue weighted by Crippen LogP contribution is 2.73. The summed E-state index contributed by atoms with van der Waals surface area (Å²) in [5, 5.41) is 12.2. The number of hydrogen-bond donors (Lipinski definition) is 1. The Hall–Kier alpha value is -3.40. The molecule has 0 spiro atoms. The SMILES string of the molecule is COC(=O)C[C@H]1[C@@](C)([C@@H](OC(C)=O)C(C)=O)C[C@]2(O)OC3=C(CC[C@]4(C)C3=CC(=O)O[C@H]4c3ccoc3)[C@]12C. The molecule has 4 aliphatic rings. The van der Waals surface area contributed by atoms with Crippen molar-refractivity contribution >= 4 is 23.7 Å². The van der Waals surface area contributed by atoms with Gasteiger partial charge in [-0.25, -0.2) is 4.79 Å². The molecule has 0 unspecified atom stereocenters. The van der Waals surface area contributed by atoms with E-state index in [-0.39, 0.29) is 12.8 Å². The lowest BCUT2D eigenvalue weighted by Gasteiger charge is -2.46. The Balaban J connectivity index is 1.66. The molecule has 39 heavy (non-hydrogen) atoms.